The summed E-state index contributed by atoms with van der Waals surface area (Å²) in [5.74, 6) is -2.26. The lowest BCUT2D eigenvalue weighted by Crippen LogP contribution is -2.18. The molecule has 3 heterocycles. The van der Waals surface area contributed by atoms with Gasteiger partial charge in [-0.2, -0.15) is 0 Å². The van der Waals surface area contributed by atoms with Crippen LogP contribution in [0.3, 0.4) is 0 Å². The second kappa shape index (κ2) is 9.73. The van der Waals surface area contributed by atoms with Crippen molar-refractivity contribution in [2.75, 3.05) is 12.4 Å². The van der Waals surface area contributed by atoms with Crippen molar-refractivity contribution in [1.29, 1.82) is 0 Å². The number of hydrogen-bond acceptors (Lipinski definition) is 6. The summed E-state index contributed by atoms with van der Waals surface area (Å²) in [5, 5.41) is 6.07. The molecular weight excluding hydrogens is 462 g/mol. The first kappa shape index (κ1) is 23.6. The number of thiophene rings is 2. The zero-order chi connectivity index (χ0) is 23.6. The number of nitrogens with zero attached hydrogens (tertiary/aromatic N) is 1. The number of carbonyl (C=O) groups excluding carboxylic acids is 1. The van der Waals surface area contributed by atoms with Crippen LogP contribution in [0.5, 0.6) is 0 Å². The zero-order valence-electron chi connectivity index (χ0n) is 18.8. The van der Waals surface area contributed by atoms with Crippen molar-refractivity contribution < 1.29 is 18.3 Å². The van der Waals surface area contributed by atoms with Gasteiger partial charge in [0.2, 0.25) is 0 Å². The van der Waals surface area contributed by atoms with Gasteiger partial charge in [-0.3, -0.25) is 0 Å². The molecule has 0 saturated carbocycles. The summed E-state index contributed by atoms with van der Waals surface area (Å²) >= 11 is 3.15. The first-order valence-corrected chi connectivity index (χ1v) is 12.5. The molecule has 0 aliphatic heterocycles. The maximum absolute atomic E-state index is 13.7. The van der Waals surface area contributed by atoms with E-state index in [4.69, 9.17) is 4.74 Å². The number of halogens is 2. The van der Waals surface area contributed by atoms with Crippen molar-refractivity contribution in [3.63, 3.8) is 0 Å². The lowest BCUT2D eigenvalue weighted by atomic mass is 9.90. The van der Waals surface area contributed by atoms with Crippen LogP contribution in [0, 0.1) is 5.92 Å². The molecule has 1 aliphatic rings. The Balaban J connectivity index is 1.68. The lowest BCUT2D eigenvalue weighted by Gasteiger charge is -2.22. The fraction of sp³-hybridized carbons (Fsp3) is 0.360. The van der Waals surface area contributed by atoms with E-state index in [9.17, 15) is 13.6 Å². The van der Waals surface area contributed by atoms with Crippen molar-refractivity contribution in [2.45, 2.75) is 45.5 Å². The standard InChI is InChI=1S/C25H26F2N2O2S2/c1-15(2)11-21-18(16-6-8-25(26,27)9-7-16)13-22(33-21)29-23-19(24(30)31-3)12-17(14-28-23)20-5-4-10-32-20/h4-6,10,12-15H,7-9,11H2,1-3H3,(H,28,29). The Hall–Kier alpha value is -2.58. The van der Waals surface area contributed by atoms with Crippen LogP contribution in [0.1, 0.15) is 53.9 Å². The van der Waals surface area contributed by atoms with Crippen molar-refractivity contribution in [2.24, 2.45) is 5.92 Å². The van der Waals surface area contributed by atoms with E-state index in [2.05, 4.69) is 24.1 Å². The summed E-state index contributed by atoms with van der Waals surface area (Å²) in [7, 11) is 1.35. The second-order valence-electron chi connectivity index (χ2n) is 8.55. The minimum Gasteiger partial charge on any atom is -0.465 e. The van der Waals surface area contributed by atoms with Gasteiger partial charge in [-0.25, -0.2) is 18.6 Å². The number of ether oxygens (including phenoxy) is 1. The molecule has 1 N–H and O–H groups in total. The Morgan fingerprint density at radius 3 is 2.79 bits per heavy atom. The zero-order valence-corrected chi connectivity index (χ0v) is 20.4. The van der Waals surface area contributed by atoms with Crippen LogP contribution in [-0.2, 0) is 11.2 Å². The molecule has 0 spiro atoms. The fourth-order valence-corrected chi connectivity index (χ4v) is 5.86. The summed E-state index contributed by atoms with van der Waals surface area (Å²) in [6.45, 7) is 4.28. The highest BCUT2D eigenvalue weighted by Crippen LogP contribution is 2.42. The third-order valence-corrected chi connectivity index (χ3v) is 7.49. The van der Waals surface area contributed by atoms with Crippen LogP contribution >= 0.6 is 22.7 Å². The molecule has 0 fully saturated rings. The average Bonchev–Trinajstić information content (AvgIpc) is 3.44. The van der Waals surface area contributed by atoms with E-state index in [0.29, 0.717) is 23.7 Å². The number of anilines is 2. The van der Waals surface area contributed by atoms with Crippen LogP contribution in [0.15, 0.2) is 41.9 Å². The van der Waals surface area contributed by atoms with Crippen LogP contribution in [0.2, 0.25) is 0 Å². The second-order valence-corrected chi connectivity index (χ2v) is 10.6. The number of allylic oxidation sites excluding steroid dienone is 2. The van der Waals surface area contributed by atoms with Crippen molar-refractivity contribution in [1.82, 2.24) is 4.98 Å². The number of carbonyl (C=O) groups is 1. The number of esters is 1. The predicted octanol–water partition coefficient (Wildman–Crippen LogP) is 7.80. The Morgan fingerprint density at radius 1 is 1.33 bits per heavy atom. The average molecular weight is 489 g/mol. The molecule has 4 rings (SSSR count). The van der Waals surface area contributed by atoms with Gasteiger partial charge in [-0.15, -0.1) is 22.7 Å². The van der Waals surface area contributed by atoms with E-state index in [1.54, 1.807) is 41.0 Å². The van der Waals surface area contributed by atoms with Gasteiger partial charge in [-0.1, -0.05) is 26.0 Å². The summed E-state index contributed by atoms with van der Waals surface area (Å²) in [4.78, 5) is 19.2. The van der Waals surface area contributed by atoms with Crippen molar-refractivity contribution >= 4 is 45.0 Å². The third-order valence-electron chi connectivity index (χ3n) is 5.50. The summed E-state index contributed by atoms with van der Waals surface area (Å²) in [5.41, 5.74) is 3.17. The molecule has 3 aromatic rings. The highest BCUT2D eigenvalue weighted by molar-refractivity contribution is 7.16. The Labute approximate surface area is 200 Å². The summed E-state index contributed by atoms with van der Waals surface area (Å²) in [6.07, 6.45) is 4.26. The SMILES string of the molecule is COC(=O)c1cc(-c2cccs2)cnc1Nc1cc(C2=CCC(F)(F)CC2)c(CC(C)C)s1. The van der Waals surface area contributed by atoms with E-state index < -0.39 is 11.9 Å². The Kier molecular flexibility index (Phi) is 6.95. The van der Waals surface area contributed by atoms with Gasteiger partial charge in [0.15, 0.2) is 0 Å². The van der Waals surface area contributed by atoms with Gasteiger partial charge in [-0.05, 0) is 53.5 Å². The van der Waals surface area contributed by atoms with Gasteiger partial charge < -0.3 is 10.1 Å². The van der Waals surface area contributed by atoms with Gasteiger partial charge in [0, 0.05) is 34.4 Å². The molecule has 33 heavy (non-hydrogen) atoms. The topological polar surface area (TPSA) is 51.2 Å². The quantitative estimate of drug-likeness (QED) is 0.345. The van der Waals surface area contributed by atoms with E-state index in [-0.39, 0.29) is 12.8 Å². The maximum atomic E-state index is 13.7. The largest absolute Gasteiger partial charge is 0.465 e. The molecule has 0 bridgehead atoms. The number of alkyl halides is 2. The Morgan fingerprint density at radius 2 is 2.15 bits per heavy atom. The molecular formula is C25H26F2N2O2S2. The van der Waals surface area contributed by atoms with Gasteiger partial charge in [0.25, 0.3) is 5.92 Å². The van der Waals surface area contributed by atoms with Crippen molar-refractivity contribution in [3.05, 3.63) is 57.9 Å². The summed E-state index contributed by atoms with van der Waals surface area (Å²) in [6, 6.07) is 7.69. The molecule has 0 aromatic carbocycles. The number of nitrogens with one attached hydrogen (secondary N) is 1. The van der Waals surface area contributed by atoms with E-state index in [1.165, 1.54) is 7.11 Å². The first-order chi connectivity index (χ1) is 15.8. The van der Waals surface area contributed by atoms with Crippen LogP contribution in [0.25, 0.3) is 16.0 Å². The number of pyridine rings is 1. The number of hydrogen-bond donors (Lipinski definition) is 1. The molecule has 8 heteroatoms. The molecule has 0 radical (unpaired) electrons. The number of methoxy groups -OCH3 is 1. The highest BCUT2D eigenvalue weighted by atomic mass is 32.1. The Bertz CT molecular complexity index is 1170. The summed E-state index contributed by atoms with van der Waals surface area (Å²) < 4.78 is 32.3. The van der Waals surface area contributed by atoms with E-state index in [0.717, 1.165) is 37.9 Å². The lowest BCUT2D eigenvalue weighted by molar-refractivity contribution is -0.00604. The number of aromatic nitrogens is 1. The monoisotopic (exact) mass is 488 g/mol. The predicted molar refractivity (Wildman–Crippen MR) is 132 cm³/mol. The van der Waals surface area contributed by atoms with Gasteiger partial charge >= 0.3 is 5.97 Å². The van der Waals surface area contributed by atoms with Crippen LogP contribution in [-0.4, -0.2) is 24.0 Å². The fourth-order valence-electron chi connectivity index (χ4n) is 3.85. The molecule has 0 atom stereocenters. The van der Waals surface area contributed by atoms with Crippen molar-refractivity contribution in [3.8, 4) is 10.4 Å². The van der Waals surface area contributed by atoms with Gasteiger partial charge in [0.1, 0.15) is 11.4 Å². The highest BCUT2D eigenvalue weighted by Gasteiger charge is 2.32. The molecule has 1 aliphatic carbocycles. The third kappa shape index (κ3) is 5.50. The molecule has 0 amide bonds. The molecule has 3 aromatic heterocycles. The first-order valence-electron chi connectivity index (χ1n) is 10.8. The number of rotatable bonds is 7. The normalized spacial score (nSPS) is 15.4. The molecule has 0 unspecified atom stereocenters. The minimum atomic E-state index is -2.62. The van der Waals surface area contributed by atoms with Crippen LogP contribution in [0.4, 0.5) is 19.6 Å². The van der Waals surface area contributed by atoms with Crippen LogP contribution < -0.4 is 5.32 Å². The maximum Gasteiger partial charge on any atom is 0.341 e. The van der Waals surface area contributed by atoms with E-state index >= 15 is 0 Å². The van der Waals surface area contributed by atoms with E-state index in [1.807, 2.05) is 23.6 Å². The van der Waals surface area contributed by atoms with Gasteiger partial charge in [0.05, 0.1) is 12.1 Å². The molecule has 174 valence electrons. The molecule has 4 nitrogen and oxygen atoms in total. The minimum absolute atomic E-state index is 0.128. The smallest absolute Gasteiger partial charge is 0.341 e. The molecule has 0 saturated heterocycles.